The van der Waals surface area contributed by atoms with Crippen LogP contribution in [0.15, 0.2) is 42.6 Å². The highest BCUT2D eigenvalue weighted by Crippen LogP contribution is 2.39. The fourth-order valence-corrected chi connectivity index (χ4v) is 4.54. The van der Waals surface area contributed by atoms with Crippen LogP contribution in [0.4, 0.5) is 19.0 Å². The van der Waals surface area contributed by atoms with Crippen LogP contribution >= 0.6 is 0 Å². The van der Waals surface area contributed by atoms with E-state index in [2.05, 4.69) is 14.7 Å². The van der Waals surface area contributed by atoms with Gasteiger partial charge in [0.1, 0.15) is 11.6 Å². The van der Waals surface area contributed by atoms with Crippen LogP contribution in [0, 0.1) is 6.92 Å². The molecule has 0 saturated heterocycles. The fraction of sp³-hybridized carbons (Fsp3) is 0.423. The number of aliphatic hydroxyl groups is 2. The number of pyridine rings is 1. The molecule has 9 nitrogen and oxygen atoms in total. The minimum absolute atomic E-state index is 0.102. The van der Waals surface area contributed by atoms with E-state index in [0.29, 0.717) is 36.3 Å². The van der Waals surface area contributed by atoms with E-state index < -0.39 is 24.2 Å². The van der Waals surface area contributed by atoms with Crippen LogP contribution in [0.5, 0.6) is 5.75 Å². The van der Waals surface area contributed by atoms with Gasteiger partial charge in [0.2, 0.25) is 6.35 Å². The average molecular weight is 532 g/mol. The molecule has 1 aromatic carbocycles. The van der Waals surface area contributed by atoms with Gasteiger partial charge in [0.05, 0.1) is 17.8 Å². The minimum atomic E-state index is -4.82. The molecule has 2 aliphatic rings. The van der Waals surface area contributed by atoms with E-state index in [0.717, 1.165) is 5.56 Å². The number of benzene rings is 1. The molecule has 12 heteroatoms. The molecule has 2 N–H and O–H groups in total. The Morgan fingerprint density at radius 3 is 2.63 bits per heavy atom. The lowest BCUT2D eigenvalue weighted by Crippen LogP contribution is -2.55. The molecule has 1 saturated carbocycles. The number of fused-ring (bicyclic) bond motifs is 1. The summed E-state index contributed by atoms with van der Waals surface area (Å²) in [6.07, 6.45) is -2.65. The maximum absolute atomic E-state index is 13.7. The Morgan fingerprint density at radius 2 is 1.97 bits per heavy atom. The van der Waals surface area contributed by atoms with E-state index in [-0.39, 0.29) is 36.8 Å². The van der Waals surface area contributed by atoms with Crippen molar-refractivity contribution in [1.82, 2.24) is 19.4 Å². The number of aryl methyl sites for hydroxylation is 1. The van der Waals surface area contributed by atoms with Gasteiger partial charge in [-0.25, -0.2) is 4.98 Å². The lowest BCUT2D eigenvalue weighted by molar-refractivity contribution is -0.274. The average Bonchev–Trinajstić information content (AvgIpc) is 3.48. The lowest BCUT2D eigenvalue weighted by Gasteiger charge is -2.39. The van der Waals surface area contributed by atoms with Crippen molar-refractivity contribution in [2.24, 2.45) is 0 Å². The number of alkyl halides is 3. The lowest BCUT2D eigenvalue weighted by atomic mass is 10.1. The zero-order valence-electron chi connectivity index (χ0n) is 20.9. The molecular formula is C26H28F3N5O4. The van der Waals surface area contributed by atoms with Gasteiger partial charge in [0.25, 0.3) is 5.91 Å². The topological polar surface area (TPSA) is 104 Å². The summed E-state index contributed by atoms with van der Waals surface area (Å²) in [6.45, 7) is 2.24. The van der Waals surface area contributed by atoms with Gasteiger partial charge in [-0.1, -0.05) is 18.2 Å². The number of rotatable bonds is 8. The number of amides is 1. The predicted molar refractivity (Wildman–Crippen MR) is 130 cm³/mol. The molecule has 0 radical (unpaired) electrons. The largest absolute Gasteiger partial charge is 0.573 e. The zero-order valence-corrected chi connectivity index (χ0v) is 20.9. The van der Waals surface area contributed by atoms with Gasteiger partial charge in [-0.15, -0.1) is 13.2 Å². The van der Waals surface area contributed by atoms with Crippen LogP contribution < -0.4 is 9.64 Å². The van der Waals surface area contributed by atoms with Crippen LogP contribution in [0.1, 0.15) is 52.4 Å². The Morgan fingerprint density at radius 1 is 1.21 bits per heavy atom. The molecule has 1 amide bonds. The molecule has 0 bridgehead atoms. The molecular weight excluding hydrogens is 503 g/mol. The van der Waals surface area contributed by atoms with Crippen LogP contribution in [0.25, 0.3) is 0 Å². The molecule has 3 aromatic rings. The fourth-order valence-electron chi connectivity index (χ4n) is 4.54. The van der Waals surface area contributed by atoms with E-state index in [1.807, 2.05) is 19.1 Å². The Kier molecular flexibility index (Phi) is 6.56. The van der Waals surface area contributed by atoms with Crippen LogP contribution in [-0.4, -0.2) is 67.5 Å². The Bertz CT molecular complexity index is 1340. The predicted octanol–water partition coefficient (Wildman–Crippen LogP) is 3.21. The highest BCUT2D eigenvalue weighted by molar-refractivity contribution is 5.99. The van der Waals surface area contributed by atoms with E-state index in [4.69, 9.17) is 0 Å². The molecule has 1 atom stereocenters. The molecule has 0 spiro atoms. The van der Waals surface area contributed by atoms with Crippen molar-refractivity contribution < 1.29 is 32.9 Å². The number of aromatic nitrogens is 3. The number of imidazole rings is 1. The summed E-state index contributed by atoms with van der Waals surface area (Å²) >= 11 is 0. The Balaban J connectivity index is 1.52. The van der Waals surface area contributed by atoms with Gasteiger partial charge in [-0.05, 0) is 55.5 Å². The summed E-state index contributed by atoms with van der Waals surface area (Å²) in [6, 6.07) is 9.31. The monoisotopic (exact) mass is 531 g/mol. The van der Waals surface area contributed by atoms with Gasteiger partial charge in [-0.3, -0.25) is 14.7 Å². The zero-order chi connectivity index (χ0) is 27.2. The van der Waals surface area contributed by atoms with Crippen LogP contribution in [0.3, 0.4) is 0 Å². The standard InChI is InChI=1S/C26H28F3N5O4/c1-16-6-7-18(30-14-16)15-34-20(13-17-4-3-5-19(12-17)38-26(27,28)29)31-22-21(34)23(35)33(24(36)32(22)2)11-10-25(37)8-9-25/h3-7,12,14,24,36-37H,8-11,13,15H2,1-2H3. The van der Waals surface area contributed by atoms with Crippen molar-refractivity contribution in [3.05, 3.63) is 70.9 Å². The Hall–Kier alpha value is -3.64. The van der Waals surface area contributed by atoms with Gasteiger partial charge >= 0.3 is 6.36 Å². The van der Waals surface area contributed by atoms with E-state index in [1.54, 1.807) is 23.9 Å². The molecule has 1 fully saturated rings. The molecule has 1 aliphatic heterocycles. The summed E-state index contributed by atoms with van der Waals surface area (Å²) in [5.74, 6) is -0.133. The van der Waals surface area contributed by atoms with Gasteiger partial charge in [-0.2, -0.15) is 0 Å². The number of anilines is 1. The third kappa shape index (κ3) is 5.46. The summed E-state index contributed by atoms with van der Waals surface area (Å²) in [4.78, 5) is 25.5. The molecule has 38 heavy (non-hydrogen) atoms. The summed E-state index contributed by atoms with van der Waals surface area (Å²) in [7, 11) is 1.61. The van der Waals surface area contributed by atoms with Crippen LogP contribution in [0.2, 0.25) is 0 Å². The smallest absolute Gasteiger partial charge is 0.406 e. The molecule has 1 aliphatic carbocycles. The quantitative estimate of drug-likeness (QED) is 0.460. The van der Waals surface area contributed by atoms with Crippen molar-refractivity contribution in [1.29, 1.82) is 0 Å². The van der Waals surface area contributed by atoms with E-state index >= 15 is 0 Å². The first kappa shape index (κ1) is 26.0. The number of carbonyl (C=O) groups is 1. The Labute approximate surface area is 217 Å². The summed E-state index contributed by atoms with van der Waals surface area (Å²) in [5, 5.41) is 21.2. The van der Waals surface area contributed by atoms with Crippen molar-refractivity contribution in [2.45, 2.75) is 57.5 Å². The number of hydrogen-bond acceptors (Lipinski definition) is 7. The maximum atomic E-state index is 13.7. The molecule has 202 valence electrons. The normalized spacial score (nSPS) is 18.5. The van der Waals surface area contributed by atoms with Crippen molar-refractivity contribution in [3.63, 3.8) is 0 Å². The summed E-state index contributed by atoms with van der Waals surface area (Å²) in [5.41, 5.74) is 1.55. The number of carbonyl (C=O) groups excluding carboxylic acids is 1. The number of aliphatic hydroxyl groups excluding tert-OH is 1. The SMILES string of the molecule is Cc1ccc(Cn2c(Cc3cccc(OC(F)(F)F)c3)nc3c2C(=O)N(CCC2(O)CC2)C(O)N3C)nc1. The highest BCUT2D eigenvalue weighted by Gasteiger charge is 2.44. The third-order valence-electron chi connectivity index (χ3n) is 6.88. The molecule has 2 aromatic heterocycles. The number of hydrogen-bond donors (Lipinski definition) is 2. The first-order valence-electron chi connectivity index (χ1n) is 12.2. The van der Waals surface area contributed by atoms with Crippen molar-refractivity contribution >= 4 is 11.7 Å². The van der Waals surface area contributed by atoms with Gasteiger partial charge < -0.3 is 24.4 Å². The molecule has 3 heterocycles. The maximum Gasteiger partial charge on any atom is 0.573 e. The minimum Gasteiger partial charge on any atom is -0.406 e. The van der Waals surface area contributed by atoms with E-state index in [1.165, 1.54) is 28.0 Å². The molecule has 1 unspecified atom stereocenters. The third-order valence-corrected chi connectivity index (χ3v) is 6.88. The van der Waals surface area contributed by atoms with Gasteiger partial charge in [0.15, 0.2) is 11.5 Å². The second-order valence-electron chi connectivity index (χ2n) is 9.92. The van der Waals surface area contributed by atoms with E-state index in [9.17, 15) is 28.2 Å². The van der Waals surface area contributed by atoms with Gasteiger partial charge in [0, 0.05) is 26.2 Å². The first-order valence-corrected chi connectivity index (χ1v) is 12.2. The first-order chi connectivity index (χ1) is 17.9. The second-order valence-corrected chi connectivity index (χ2v) is 9.92. The highest BCUT2D eigenvalue weighted by atomic mass is 19.4. The number of nitrogens with zero attached hydrogens (tertiary/aromatic N) is 5. The van der Waals surface area contributed by atoms with Crippen molar-refractivity contribution in [2.75, 3.05) is 18.5 Å². The summed E-state index contributed by atoms with van der Waals surface area (Å²) < 4.78 is 44.0. The molecule has 5 rings (SSSR count). The van der Waals surface area contributed by atoms with Crippen LogP contribution in [-0.2, 0) is 13.0 Å². The van der Waals surface area contributed by atoms with Crippen molar-refractivity contribution in [3.8, 4) is 5.75 Å². The second kappa shape index (κ2) is 9.59. The number of halogens is 3. The number of ether oxygens (including phenoxy) is 1.